The van der Waals surface area contributed by atoms with Crippen molar-refractivity contribution in [1.29, 1.82) is 0 Å². The SMILES string of the molecule is Cn1cc(N2CCCC(Nc3ccc([N+](=O)[O-])cc3N3CCOC3=O)C2)cn1. The molecular formula is C18H22N6O4. The van der Waals surface area contributed by atoms with E-state index in [0.717, 1.165) is 31.6 Å². The number of piperidine rings is 1. The lowest BCUT2D eigenvalue weighted by Crippen LogP contribution is -2.42. The zero-order chi connectivity index (χ0) is 19.7. The first-order valence-electron chi connectivity index (χ1n) is 9.24. The fraction of sp³-hybridized carbons (Fsp3) is 0.444. The highest BCUT2D eigenvalue weighted by atomic mass is 16.6. The zero-order valence-electron chi connectivity index (χ0n) is 15.6. The van der Waals surface area contributed by atoms with Crippen LogP contribution >= 0.6 is 0 Å². The van der Waals surface area contributed by atoms with Gasteiger partial charge < -0.3 is 15.0 Å². The first-order chi connectivity index (χ1) is 13.5. The number of non-ortho nitro benzene ring substituents is 1. The van der Waals surface area contributed by atoms with E-state index in [2.05, 4.69) is 15.3 Å². The van der Waals surface area contributed by atoms with E-state index in [1.165, 1.54) is 17.0 Å². The van der Waals surface area contributed by atoms with E-state index in [9.17, 15) is 14.9 Å². The first-order valence-corrected chi connectivity index (χ1v) is 9.24. The van der Waals surface area contributed by atoms with Gasteiger partial charge >= 0.3 is 6.09 Å². The van der Waals surface area contributed by atoms with Crippen molar-refractivity contribution in [3.8, 4) is 0 Å². The summed E-state index contributed by atoms with van der Waals surface area (Å²) in [6, 6.07) is 4.70. The molecule has 2 aliphatic heterocycles. The van der Waals surface area contributed by atoms with Gasteiger partial charge in [-0.1, -0.05) is 0 Å². The summed E-state index contributed by atoms with van der Waals surface area (Å²) >= 11 is 0. The minimum Gasteiger partial charge on any atom is -0.447 e. The van der Waals surface area contributed by atoms with Gasteiger partial charge in [0.1, 0.15) is 6.61 Å². The van der Waals surface area contributed by atoms with E-state index in [4.69, 9.17) is 4.74 Å². The zero-order valence-corrected chi connectivity index (χ0v) is 15.6. The lowest BCUT2D eigenvalue weighted by atomic mass is 10.0. The number of cyclic esters (lactones) is 1. The third-order valence-electron chi connectivity index (χ3n) is 5.08. The van der Waals surface area contributed by atoms with Crippen molar-refractivity contribution in [2.75, 3.05) is 41.4 Å². The molecule has 1 atom stereocenters. The van der Waals surface area contributed by atoms with Crippen molar-refractivity contribution in [2.45, 2.75) is 18.9 Å². The Morgan fingerprint density at radius 1 is 1.36 bits per heavy atom. The van der Waals surface area contributed by atoms with Crippen molar-refractivity contribution in [3.63, 3.8) is 0 Å². The van der Waals surface area contributed by atoms with Crippen LogP contribution in [0.25, 0.3) is 0 Å². The molecule has 2 saturated heterocycles. The number of aromatic nitrogens is 2. The Bertz CT molecular complexity index is 898. The van der Waals surface area contributed by atoms with Gasteiger partial charge in [-0.05, 0) is 18.9 Å². The largest absolute Gasteiger partial charge is 0.447 e. The maximum Gasteiger partial charge on any atom is 0.414 e. The highest BCUT2D eigenvalue weighted by Gasteiger charge is 2.29. The Hall–Kier alpha value is -3.30. The summed E-state index contributed by atoms with van der Waals surface area (Å²) in [5, 5.41) is 18.9. The molecule has 1 unspecified atom stereocenters. The number of hydrogen-bond donors (Lipinski definition) is 1. The van der Waals surface area contributed by atoms with Crippen LogP contribution in [0.2, 0.25) is 0 Å². The van der Waals surface area contributed by atoms with Crippen LogP contribution < -0.4 is 15.1 Å². The second-order valence-corrected chi connectivity index (χ2v) is 7.03. The summed E-state index contributed by atoms with van der Waals surface area (Å²) in [5.74, 6) is 0. The van der Waals surface area contributed by atoms with Crippen LogP contribution in [0.5, 0.6) is 0 Å². The Labute approximate surface area is 161 Å². The van der Waals surface area contributed by atoms with Gasteiger partial charge in [0.15, 0.2) is 0 Å². The first kappa shape index (κ1) is 18.1. The van der Waals surface area contributed by atoms with E-state index in [1.807, 2.05) is 19.4 Å². The number of amides is 1. The highest BCUT2D eigenvalue weighted by molar-refractivity contribution is 5.94. The number of anilines is 3. The monoisotopic (exact) mass is 386 g/mol. The van der Waals surface area contributed by atoms with Gasteiger partial charge in [0, 0.05) is 44.5 Å². The standard InChI is InChI=1S/C18H22N6O4/c1-21-12-15(10-19-21)22-6-2-3-13(11-22)20-16-5-4-14(24(26)27)9-17(16)23-7-8-28-18(23)25/h4-5,9-10,12-13,20H,2-3,6-8,11H2,1H3. The van der Waals surface area contributed by atoms with Crippen molar-refractivity contribution in [2.24, 2.45) is 7.05 Å². The van der Waals surface area contributed by atoms with Crippen molar-refractivity contribution in [3.05, 3.63) is 40.7 Å². The molecule has 1 aromatic carbocycles. The topological polar surface area (TPSA) is 106 Å². The Morgan fingerprint density at radius 3 is 2.89 bits per heavy atom. The molecule has 2 aromatic rings. The van der Waals surface area contributed by atoms with Gasteiger partial charge in [0.25, 0.3) is 5.69 Å². The van der Waals surface area contributed by atoms with E-state index in [-0.39, 0.29) is 18.3 Å². The van der Waals surface area contributed by atoms with Crippen LogP contribution in [0.1, 0.15) is 12.8 Å². The molecule has 2 fully saturated rings. The van der Waals surface area contributed by atoms with Crippen LogP contribution in [0, 0.1) is 10.1 Å². The number of carbonyl (C=O) groups excluding carboxylic acids is 1. The van der Waals surface area contributed by atoms with E-state index >= 15 is 0 Å². The van der Waals surface area contributed by atoms with E-state index < -0.39 is 11.0 Å². The number of nitrogens with one attached hydrogen (secondary N) is 1. The molecule has 0 radical (unpaired) electrons. The number of nitro groups is 1. The summed E-state index contributed by atoms with van der Waals surface area (Å²) < 4.78 is 6.79. The fourth-order valence-electron chi connectivity index (χ4n) is 3.71. The maximum absolute atomic E-state index is 12.0. The van der Waals surface area contributed by atoms with Gasteiger partial charge in [-0.15, -0.1) is 0 Å². The molecule has 1 N–H and O–H groups in total. The summed E-state index contributed by atoms with van der Waals surface area (Å²) in [4.78, 5) is 26.5. The molecular weight excluding hydrogens is 364 g/mol. The quantitative estimate of drug-likeness (QED) is 0.621. The third kappa shape index (κ3) is 3.57. The Kier molecular flexibility index (Phi) is 4.76. The van der Waals surface area contributed by atoms with Gasteiger partial charge in [-0.2, -0.15) is 5.10 Å². The van der Waals surface area contributed by atoms with Crippen LogP contribution in [0.3, 0.4) is 0 Å². The number of nitrogens with zero attached hydrogens (tertiary/aromatic N) is 5. The summed E-state index contributed by atoms with van der Waals surface area (Å²) in [6.45, 7) is 2.39. The molecule has 10 nitrogen and oxygen atoms in total. The van der Waals surface area contributed by atoms with Crippen LogP contribution in [0.15, 0.2) is 30.6 Å². The van der Waals surface area contributed by atoms with Gasteiger partial charge in [0.05, 0.1) is 34.7 Å². The van der Waals surface area contributed by atoms with Crippen LogP contribution in [-0.4, -0.2) is 53.1 Å². The second kappa shape index (κ2) is 7.37. The molecule has 0 spiro atoms. The molecule has 0 aliphatic carbocycles. The summed E-state index contributed by atoms with van der Waals surface area (Å²) in [6.07, 6.45) is 5.34. The summed E-state index contributed by atoms with van der Waals surface area (Å²) in [7, 11) is 1.89. The van der Waals surface area contributed by atoms with E-state index in [1.54, 1.807) is 10.7 Å². The number of hydrogen-bond acceptors (Lipinski definition) is 7. The molecule has 0 saturated carbocycles. The third-order valence-corrected chi connectivity index (χ3v) is 5.08. The van der Waals surface area contributed by atoms with Crippen LogP contribution in [-0.2, 0) is 11.8 Å². The number of aryl methyl sites for hydroxylation is 1. The minimum absolute atomic E-state index is 0.0547. The predicted molar refractivity (Wildman–Crippen MR) is 104 cm³/mol. The van der Waals surface area contributed by atoms with Crippen molar-refractivity contribution in [1.82, 2.24) is 9.78 Å². The molecule has 1 aromatic heterocycles. The molecule has 3 heterocycles. The molecule has 28 heavy (non-hydrogen) atoms. The molecule has 4 rings (SSSR count). The Morgan fingerprint density at radius 2 is 2.21 bits per heavy atom. The number of benzene rings is 1. The average molecular weight is 386 g/mol. The van der Waals surface area contributed by atoms with Gasteiger partial charge in [-0.25, -0.2) is 4.79 Å². The predicted octanol–water partition coefficient (Wildman–Crippen LogP) is 2.37. The molecule has 148 valence electrons. The lowest BCUT2D eigenvalue weighted by Gasteiger charge is -2.35. The molecule has 0 bridgehead atoms. The highest BCUT2D eigenvalue weighted by Crippen LogP contribution is 2.33. The van der Waals surface area contributed by atoms with Crippen LogP contribution in [0.4, 0.5) is 27.5 Å². The van der Waals surface area contributed by atoms with Crippen molar-refractivity contribution < 1.29 is 14.5 Å². The summed E-state index contributed by atoms with van der Waals surface area (Å²) in [5.41, 5.74) is 2.19. The maximum atomic E-state index is 12.0. The van der Waals surface area contributed by atoms with Gasteiger partial charge in [-0.3, -0.25) is 19.7 Å². The minimum atomic E-state index is -0.482. The van der Waals surface area contributed by atoms with Crippen molar-refractivity contribution >= 4 is 28.8 Å². The number of rotatable bonds is 5. The normalized spacial score (nSPS) is 19.6. The van der Waals surface area contributed by atoms with Gasteiger partial charge in [0.2, 0.25) is 0 Å². The number of nitro benzene ring substituents is 1. The number of ether oxygens (including phenoxy) is 1. The average Bonchev–Trinajstić information content (AvgIpc) is 3.30. The fourth-order valence-corrected chi connectivity index (χ4v) is 3.71. The lowest BCUT2D eigenvalue weighted by molar-refractivity contribution is -0.384. The number of carbonyl (C=O) groups is 1. The van der Waals surface area contributed by atoms with E-state index in [0.29, 0.717) is 17.9 Å². The Balaban J connectivity index is 1.56. The molecule has 10 heteroatoms. The molecule has 1 amide bonds. The molecule has 2 aliphatic rings. The second-order valence-electron chi connectivity index (χ2n) is 7.03. The smallest absolute Gasteiger partial charge is 0.414 e.